The monoisotopic (exact) mass is 204 g/mol. The van der Waals surface area contributed by atoms with Gasteiger partial charge in [-0.25, -0.2) is 0 Å². The average molecular weight is 204 g/mol. The summed E-state index contributed by atoms with van der Waals surface area (Å²) in [6.45, 7) is 3.49. The Labute approximate surface area is 92.6 Å². The van der Waals surface area contributed by atoms with Crippen LogP contribution in [0.2, 0.25) is 0 Å². The summed E-state index contributed by atoms with van der Waals surface area (Å²) in [5.41, 5.74) is -0.830. The second-order valence-electron chi connectivity index (χ2n) is 5.45. The van der Waals surface area contributed by atoms with Gasteiger partial charge in [-0.1, -0.05) is 24.0 Å². The summed E-state index contributed by atoms with van der Waals surface area (Å²) < 4.78 is 0. The van der Waals surface area contributed by atoms with Gasteiger partial charge in [0.2, 0.25) is 0 Å². The number of hydrogen-bond donors (Lipinski definition) is 1. The average Bonchev–Trinajstić information content (AvgIpc) is 2.17. The fourth-order valence-corrected chi connectivity index (χ4v) is 2.68. The van der Waals surface area contributed by atoms with Crippen molar-refractivity contribution >= 4 is 0 Å². The highest BCUT2D eigenvalue weighted by Gasteiger charge is 2.30. The quantitative estimate of drug-likeness (QED) is 0.514. The third kappa shape index (κ3) is 2.86. The van der Waals surface area contributed by atoms with Crippen molar-refractivity contribution in [3.05, 3.63) is 12.2 Å². The van der Waals surface area contributed by atoms with Crippen LogP contribution < -0.4 is 0 Å². The zero-order valence-electron chi connectivity index (χ0n) is 9.66. The minimum atomic E-state index is -0.830. The fourth-order valence-electron chi connectivity index (χ4n) is 2.68. The third-order valence-electron chi connectivity index (χ3n) is 3.47. The molecule has 82 valence electrons. The molecule has 3 aliphatic rings. The van der Waals surface area contributed by atoms with Crippen LogP contribution in [0.4, 0.5) is 0 Å². The first-order valence-corrected chi connectivity index (χ1v) is 5.95. The SMILES string of the molecule is CC(C)(O)C#CC[C@@H]1C[C@H]2C=C[C@H]1CC2. The van der Waals surface area contributed by atoms with Gasteiger partial charge >= 0.3 is 0 Å². The molecule has 0 aromatic carbocycles. The molecule has 3 aliphatic carbocycles. The smallest absolute Gasteiger partial charge is 0.119 e. The predicted molar refractivity (Wildman–Crippen MR) is 62.2 cm³/mol. The van der Waals surface area contributed by atoms with Gasteiger partial charge in [-0.05, 0) is 50.9 Å². The standard InChI is InChI=1S/C14H20O/c1-14(2,15)9-3-4-13-10-11-5-7-12(13)8-6-11/h5,7,11-13,15H,4,6,8,10H2,1-2H3/t11-,12-,13+/m0/s1. The van der Waals surface area contributed by atoms with E-state index < -0.39 is 5.60 Å². The fraction of sp³-hybridized carbons (Fsp3) is 0.714. The van der Waals surface area contributed by atoms with E-state index in [-0.39, 0.29) is 0 Å². The van der Waals surface area contributed by atoms with E-state index in [2.05, 4.69) is 24.0 Å². The summed E-state index contributed by atoms with van der Waals surface area (Å²) in [7, 11) is 0. The van der Waals surface area contributed by atoms with Crippen LogP contribution in [0.5, 0.6) is 0 Å². The van der Waals surface area contributed by atoms with Crippen molar-refractivity contribution in [3.63, 3.8) is 0 Å². The summed E-state index contributed by atoms with van der Waals surface area (Å²) in [6.07, 6.45) is 9.74. The molecular formula is C14H20O. The number of aliphatic hydroxyl groups is 1. The van der Waals surface area contributed by atoms with E-state index in [1.165, 1.54) is 19.3 Å². The normalized spacial score (nSPS) is 33.7. The summed E-state index contributed by atoms with van der Waals surface area (Å²) in [4.78, 5) is 0. The highest BCUT2D eigenvalue weighted by Crippen LogP contribution is 2.41. The first-order chi connectivity index (χ1) is 7.04. The Hall–Kier alpha value is -0.740. The van der Waals surface area contributed by atoms with Crippen LogP contribution >= 0.6 is 0 Å². The zero-order chi connectivity index (χ0) is 10.9. The first kappa shape index (κ1) is 10.8. The van der Waals surface area contributed by atoms with Gasteiger partial charge in [0, 0.05) is 6.42 Å². The van der Waals surface area contributed by atoms with Crippen molar-refractivity contribution < 1.29 is 5.11 Å². The number of allylic oxidation sites excluding steroid dienone is 2. The molecule has 3 rings (SSSR count). The molecule has 0 aromatic rings. The topological polar surface area (TPSA) is 20.2 Å². The second kappa shape index (κ2) is 4.02. The van der Waals surface area contributed by atoms with Crippen LogP contribution in [0, 0.1) is 29.6 Å². The molecule has 2 bridgehead atoms. The summed E-state index contributed by atoms with van der Waals surface area (Å²) in [5, 5.41) is 9.49. The molecule has 0 radical (unpaired) electrons. The molecule has 1 nitrogen and oxygen atoms in total. The maximum Gasteiger partial charge on any atom is 0.119 e. The van der Waals surface area contributed by atoms with Crippen LogP contribution in [0.3, 0.4) is 0 Å². The lowest BCUT2D eigenvalue weighted by Gasteiger charge is -2.37. The van der Waals surface area contributed by atoms with Crippen molar-refractivity contribution in [1.82, 2.24) is 0 Å². The molecule has 15 heavy (non-hydrogen) atoms. The molecule has 1 fully saturated rings. The summed E-state index contributed by atoms with van der Waals surface area (Å²) in [5.74, 6) is 8.36. The molecule has 0 amide bonds. The lowest BCUT2D eigenvalue weighted by atomic mass is 9.68. The second-order valence-corrected chi connectivity index (χ2v) is 5.45. The van der Waals surface area contributed by atoms with Gasteiger partial charge in [0.1, 0.15) is 5.60 Å². The van der Waals surface area contributed by atoms with E-state index in [9.17, 15) is 5.11 Å². The van der Waals surface area contributed by atoms with Crippen molar-refractivity contribution in [2.75, 3.05) is 0 Å². The highest BCUT2D eigenvalue weighted by atomic mass is 16.3. The molecule has 1 heteroatoms. The number of fused-ring (bicyclic) bond motifs is 2. The van der Waals surface area contributed by atoms with E-state index in [1.54, 1.807) is 13.8 Å². The zero-order valence-corrected chi connectivity index (χ0v) is 9.66. The summed E-state index contributed by atoms with van der Waals surface area (Å²) >= 11 is 0. The van der Waals surface area contributed by atoms with Crippen LogP contribution in [0.25, 0.3) is 0 Å². The minimum absolute atomic E-state index is 0.739. The van der Waals surface area contributed by atoms with Crippen molar-refractivity contribution in [2.45, 2.75) is 45.1 Å². The van der Waals surface area contributed by atoms with E-state index in [0.29, 0.717) is 0 Å². The van der Waals surface area contributed by atoms with Gasteiger partial charge in [-0.15, -0.1) is 0 Å². The Bertz CT molecular complexity index is 310. The van der Waals surface area contributed by atoms with Gasteiger partial charge in [0.25, 0.3) is 0 Å². The van der Waals surface area contributed by atoms with E-state index in [4.69, 9.17) is 0 Å². The number of rotatable bonds is 1. The van der Waals surface area contributed by atoms with Gasteiger partial charge in [-0.2, -0.15) is 0 Å². The Morgan fingerprint density at radius 3 is 2.60 bits per heavy atom. The van der Waals surface area contributed by atoms with Crippen molar-refractivity contribution in [3.8, 4) is 11.8 Å². The predicted octanol–water partition coefficient (Wildman–Crippen LogP) is 2.75. The third-order valence-corrected chi connectivity index (χ3v) is 3.47. The lowest BCUT2D eigenvalue weighted by Crippen LogP contribution is -2.26. The van der Waals surface area contributed by atoms with Crippen molar-refractivity contribution in [1.29, 1.82) is 0 Å². The molecule has 1 N–H and O–H groups in total. The van der Waals surface area contributed by atoms with E-state index in [0.717, 1.165) is 24.2 Å². The molecular weight excluding hydrogens is 184 g/mol. The van der Waals surface area contributed by atoms with Gasteiger partial charge in [0.05, 0.1) is 0 Å². The van der Waals surface area contributed by atoms with E-state index in [1.807, 2.05) is 0 Å². The Morgan fingerprint density at radius 1 is 1.33 bits per heavy atom. The van der Waals surface area contributed by atoms with Gasteiger partial charge in [0.15, 0.2) is 0 Å². The Morgan fingerprint density at radius 2 is 2.13 bits per heavy atom. The molecule has 1 saturated carbocycles. The van der Waals surface area contributed by atoms with E-state index >= 15 is 0 Å². The molecule has 0 spiro atoms. The minimum Gasteiger partial charge on any atom is -0.378 e. The van der Waals surface area contributed by atoms with Crippen LogP contribution in [0.1, 0.15) is 39.5 Å². The molecule has 3 atom stereocenters. The molecule has 0 aromatic heterocycles. The molecule has 0 saturated heterocycles. The van der Waals surface area contributed by atoms with Gasteiger partial charge in [-0.3, -0.25) is 0 Å². The lowest BCUT2D eigenvalue weighted by molar-refractivity contribution is 0.143. The first-order valence-electron chi connectivity index (χ1n) is 5.95. The largest absolute Gasteiger partial charge is 0.378 e. The van der Waals surface area contributed by atoms with Crippen LogP contribution in [0.15, 0.2) is 12.2 Å². The summed E-state index contributed by atoms with van der Waals surface area (Å²) in [6, 6.07) is 0. The van der Waals surface area contributed by atoms with Crippen LogP contribution in [-0.2, 0) is 0 Å². The van der Waals surface area contributed by atoms with Gasteiger partial charge < -0.3 is 5.11 Å². The van der Waals surface area contributed by atoms with Crippen molar-refractivity contribution in [2.24, 2.45) is 17.8 Å². The molecule has 0 heterocycles. The maximum atomic E-state index is 9.49. The number of hydrogen-bond acceptors (Lipinski definition) is 1. The highest BCUT2D eigenvalue weighted by molar-refractivity contribution is 5.13. The van der Waals surface area contributed by atoms with Crippen LogP contribution in [-0.4, -0.2) is 10.7 Å². The maximum absolute atomic E-state index is 9.49. The Kier molecular flexibility index (Phi) is 2.89. The molecule has 0 aliphatic heterocycles. The molecule has 0 unspecified atom stereocenters. The Balaban J connectivity index is 1.91.